The molecule has 1 saturated carbocycles. The first kappa shape index (κ1) is 8.96. The lowest BCUT2D eigenvalue weighted by atomic mass is 9.93. The standard InChI is InChI=1S/C13H15NO/c1-2-8-3-6-10-7-14-13(15)12(10)11(8)9-4-5-9/h3,6,9H,2,4-5,7H2,1H3,(H,14,15). The van der Waals surface area contributed by atoms with Crippen molar-refractivity contribution >= 4 is 5.91 Å². The fourth-order valence-corrected chi connectivity index (χ4v) is 2.53. The Hall–Kier alpha value is -1.31. The molecular formula is C13H15NO. The Morgan fingerprint density at radius 1 is 1.40 bits per heavy atom. The second-order valence-electron chi connectivity index (χ2n) is 4.48. The number of nitrogens with one attached hydrogen (secondary N) is 1. The molecule has 0 spiro atoms. The first-order chi connectivity index (χ1) is 7.31. The Kier molecular flexibility index (Phi) is 1.84. The molecular weight excluding hydrogens is 186 g/mol. The monoisotopic (exact) mass is 201 g/mol. The summed E-state index contributed by atoms with van der Waals surface area (Å²) in [6, 6.07) is 4.31. The third-order valence-electron chi connectivity index (χ3n) is 3.46. The summed E-state index contributed by atoms with van der Waals surface area (Å²) < 4.78 is 0. The van der Waals surface area contributed by atoms with E-state index in [1.807, 2.05) is 0 Å². The van der Waals surface area contributed by atoms with Gasteiger partial charge in [-0.1, -0.05) is 19.1 Å². The number of fused-ring (bicyclic) bond motifs is 1. The van der Waals surface area contributed by atoms with Gasteiger partial charge < -0.3 is 5.32 Å². The molecule has 78 valence electrons. The van der Waals surface area contributed by atoms with E-state index in [0.29, 0.717) is 5.92 Å². The van der Waals surface area contributed by atoms with Gasteiger partial charge in [-0.05, 0) is 41.9 Å². The molecule has 2 aliphatic rings. The number of hydrogen-bond acceptors (Lipinski definition) is 1. The minimum Gasteiger partial charge on any atom is -0.348 e. The number of carbonyl (C=O) groups excluding carboxylic acids is 1. The van der Waals surface area contributed by atoms with E-state index in [4.69, 9.17) is 0 Å². The highest BCUT2D eigenvalue weighted by molar-refractivity contribution is 6.00. The van der Waals surface area contributed by atoms with E-state index in [-0.39, 0.29) is 5.91 Å². The molecule has 0 aromatic heterocycles. The van der Waals surface area contributed by atoms with Gasteiger partial charge in [0.1, 0.15) is 0 Å². The van der Waals surface area contributed by atoms with E-state index in [1.54, 1.807) is 0 Å². The maximum Gasteiger partial charge on any atom is 0.252 e. The summed E-state index contributed by atoms with van der Waals surface area (Å²) in [5.74, 6) is 0.806. The third-order valence-corrected chi connectivity index (χ3v) is 3.46. The number of carbonyl (C=O) groups is 1. The minimum absolute atomic E-state index is 0.141. The van der Waals surface area contributed by atoms with Crippen molar-refractivity contribution in [3.8, 4) is 0 Å². The largest absolute Gasteiger partial charge is 0.348 e. The molecule has 1 N–H and O–H groups in total. The number of amides is 1. The highest BCUT2D eigenvalue weighted by atomic mass is 16.1. The van der Waals surface area contributed by atoms with Gasteiger partial charge in [0.05, 0.1) is 0 Å². The van der Waals surface area contributed by atoms with Crippen LogP contribution in [0.1, 0.15) is 52.7 Å². The second kappa shape index (κ2) is 3.09. The molecule has 2 nitrogen and oxygen atoms in total. The van der Waals surface area contributed by atoms with Gasteiger partial charge in [-0.3, -0.25) is 4.79 Å². The zero-order chi connectivity index (χ0) is 10.4. The molecule has 1 heterocycles. The molecule has 1 fully saturated rings. The van der Waals surface area contributed by atoms with Crippen LogP contribution >= 0.6 is 0 Å². The predicted octanol–water partition coefficient (Wildman–Crippen LogP) is 2.37. The van der Waals surface area contributed by atoms with Crippen LogP contribution in [-0.4, -0.2) is 5.91 Å². The van der Waals surface area contributed by atoms with Crippen LogP contribution in [0.25, 0.3) is 0 Å². The Bertz CT molecular complexity index is 432. The zero-order valence-electron chi connectivity index (χ0n) is 8.97. The van der Waals surface area contributed by atoms with E-state index in [0.717, 1.165) is 18.5 Å². The smallest absolute Gasteiger partial charge is 0.252 e. The van der Waals surface area contributed by atoms with Crippen molar-refractivity contribution in [2.45, 2.75) is 38.6 Å². The Balaban J connectivity index is 2.22. The van der Waals surface area contributed by atoms with Crippen LogP contribution in [0.4, 0.5) is 0 Å². The van der Waals surface area contributed by atoms with E-state index < -0.39 is 0 Å². The Morgan fingerprint density at radius 3 is 2.87 bits per heavy atom. The summed E-state index contributed by atoms with van der Waals surface area (Å²) in [6.45, 7) is 2.89. The molecule has 3 rings (SSSR count). The molecule has 2 heteroatoms. The number of aryl methyl sites for hydroxylation is 1. The topological polar surface area (TPSA) is 29.1 Å². The molecule has 0 radical (unpaired) electrons. The SMILES string of the molecule is CCc1ccc2c(c1C1CC1)C(=O)NC2. The van der Waals surface area contributed by atoms with Crippen molar-refractivity contribution in [3.05, 3.63) is 34.4 Å². The molecule has 0 unspecified atom stereocenters. The Morgan fingerprint density at radius 2 is 2.20 bits per heavy atom. The van der Waals surface area contributed by atoms with Gasteiger partial charge in [0.2, 0.25) is 0 Å². The maximum atomic E-state index is 11.8. The van der Waals surface area contributed by atoms with Gasteiger partial charge in [-0.15, -0.1) is 0 Å². The van der Waals surface area contributed by atoms with E-state index in [9.17, 15) is 4.79 Å². The Labute approximate surface area is 89.7 Å². The van der Waals surface area contributed by atoms with Crippen LogP contribution in [0.3, 0.4) is 0 Å². The molecule has 1 aliphatic heterocycles. The molecule has 0 bridgehead atoms. The minimum atomic E-state index is 0.141. The maximum absolute atomic E-state index is 11.8. The fraction of sp³-hybridized carbons (Fsp3) is 0.462. The van der Waals surface area contributed by atoms with E-state index in [2.05, 4.69) is 24.4 Å². The molecule has 1 aliphatic carbocycles. The molecule has 0 atom stereocenters. The normalized spacial score (nSPS) is 18.9. The van der Waals surface area contributed by atoms with Crippen LogP contribution in [0.5, 0.6) is 0 Å². The molecule has 1 aromatic rings. The zero-order valence-corrected chi connectivity index (χ0v) is 8.97. The molecule has 1 aromatic carbocycles. The van der Waals surface area contributed by atoms with Gasteiger partial charge in [0.15, 0.2) is 0 Å². The lowest BCUT2D eigenvalue weighted by molar-refractivity contribution is 0.0965. The number of hydrogen-bond donors (Lipinski definition) is 1. The van der Waals surface area contributed by atoms with E-state index in [1.165, 1.54) is 29.5 Å². The highest BCUT2D eigenvalue weighted by Gasteiger charge is 2.33. The van der Waals surface area contributed by atoms with Crippen LogP contribution in [0, 0.1) is 0 Å². The lowest BCUT2D eigenvalue weighted by Gasteiger charge is -2.10. The average Bonchev–Trinajstić information content (AvgIpc) is 3.03. The molecule has 1 amide bonds. The highest BCUT2D eigenvalue weighted by Crippen LogP contribution is 2.45. The number of benzene rings is 1. The van der Waals surface area contributed by atoms with Crippen LogP contribution < -0.4 is 5.32 Å². The van der Waals surface area contributed by atoms with Crippen molar-refractivity contribution in [1.29, 1.82) is 0 Å². The third kappa shape index (κ3) is 1.28. The van der Waals surface area contributed by atoms with Gasteiger partial charge in [0, 0.05) is 12.1 Å². The first-order valence-corrected chi connectivity index (χ1v) is 5.74. The van der Waals surface area contributed by atoms with Gasteiger partial charge in [-0.2, -0.15) is 0 Å². The fourth-order valence-electron chi connectivity index (χ4n) is 2.53. The first-order valence-electron chi connectivity index (χ1n) is 5.74. The summed E-state index contributed by atoms with van der Waals surface area (Å²) in [6.07, 6.45) is 3.56. The van der Waals surface area contributed by atoms with Crippen molar-refractivity contribution in [1.82, 2.24) is 5.32 Å². The quantitative estimate of drug-likeness (QED) is 0.782. The summed E-state index contributed by atoms with van der Waals surface area (Å²) in [7, 11) is 0. The van der Waals surface area contributed by atoms with Crippen LogP contribution in [0.15, 0.2) is 12.1 Å². The van der Waals surface area contributed by atoms with Crippen LogP contribution in [0.2, 0.25) is 0 Å². The van der Waals surface area contributed by atoms with Gasteiger partial charge in [-0.25, -0.2) is 0 Å². The second-order valence-corrected chi connectivity index (χ2v) is 4.48. The van der Waals surface area contributed by atoms with Gasteiger partial charge >= 0.3 is 0 Å². The summed E-state index contributed by atoms with van der Waals surface area (Å²) in [4.78, 5) is 11.8. The van der Waals surface area contributed by atoms with Crippen molar-refractivity contribution < 1.29 is 4.79 Å². The average molecular weight is 201 g/mol. The van der Waals surface area contributed by atoms with Crippen molar-refractivity contribution in [2.24, 2.45) is 0 Å². The van der Waals surface area contributed by atoms with Gasteiger partial charge in [0.25, 0.3) is 5.91 Å². The lowest BCUT2D eigenvalue weighted by Crippen LogP contribution is -2.14. The summed E-state index contributed by atoms with van der Waals surface area (Å²) >= 11 is 0. The predicted molar refractivity (Wildman–Crippen MR) is 59.0 cm³/mol. The van der Waals surface area contributed by atoms with Crippen molar-refractivity contribution in [2.75, 3.05) is 0 Å². The molecule has 15 heavy (non-hydrogen) atoms. The summed E-state index contributed by atoms with van der Waals surface area (Å²) in [5.41, 5.74) is 4.91. The summed E-state index contributed by atoms with van der Waals surface area (Å²) in [5, 5.41) is 2.92. The van der Waals surface area contributed by atoms with Crippen molar-refractivity contribution in [3.63, 3.8) is 0 Å². The van der Waals surface area contributed by atoms with Crippen LogP contribution in [-0.2, 0) is 13.0 Å². The molecule has 0 saturated heterocycles. The number of rotatable bonds is 2. The van der Waals surface area contributed by atoms with E-state index >= 15 is 0 Å².